The number of halogens is 1. The van der Waals surface area contributed by atoms with Gasteiger partial charge in [-0.1, -0.05) is 35.9 Å². The fourth-order valence-corrected chi connectivity index (χ4v) is 3.45. The summed E-state index contributed by atoms with van der Waals surface area (Å²) in [5.74, 6) is 0.728. The lowest BCUT2D eigenvalue weighted by Crippen LogP contribution is -2.19. The fraction of sp³-hybridized carbons (Fsp3) is 0.0667. The van der Waals surface area contributed by atoms with E-state index in [1.165, 1.54) is 4.88 Å². The predicted octanol–water partition coefficient (Wildman–Crippen LogP) is 4.05. The molecule has 1 aliphatic rings. The maximum absolute atomic E-state index is 6.31. The van der Waals surface area contributed by atoms with Crippen LogP contribution in [-0.2, 0) is 0 Å². The van der Waals surface area contributed by atoms with E-state index in [2.05, 4.69) is 32.9 Å². The highest BCUT2D eigenvalue weighted by Gasteiger charge is 2.24. The van der Waals surface area contributed by atoms with Gasteiger partial charge >= 0.3 is 0 Å². The van der Waals surface area contributed by atoms with E-state index >= 15 is 0 Å². The van der Waals surface area contributed by atoms with Gasteiger partial charge in [0.25, 0.3) is 0 Å². The molecule has 0 radical (unpaired) electrons. The molecule has 1 N–H and O–H groups in total. The number of anilines is 1. The van der Waals surface area contributed by atoms with Gasteiger partial charge in [0.2, 0.25) is 5.95 Å². The lowest BCUT2D eigenvalue weighted by atomic mass is 10.1. The van der Waals surface area contributed by atoms with E-state index < -0.39 is 0 Å². The summed E-state index contributed by atoms with van der Waals surface area (Å²) in [6.45, 7) is 0. The Balaban J connectivity index is 1.85. The number of aromatic nitrogens is 3. The Morgan fingerprint density at radius 2 is 2.10 bits per heavy atom. The van der Waals surface area contributed by atoms with Crippen LogP contribution in [0.5, 0.6) is 0 Å². The second-order valence-electron chi connectivity index (χ2n) is 4.67. The molecule has 0 saturated carbocycles. The van der Waals surface area contributed by atoms with Crippen LogP contribution < -0.4 is 5.32 Å². The molecular weight excluding hydrogens is 304 g/mol. The standard InChI is InChI=1S/C15H11ClN4S/c16-11-5-2-1-4-10(11)12-8-13(14-6-3-7-21-14)20-15(19-12)17-9-18-20/h1-9,13H,(H,17,18,19). The van der Waals surface area contributed by atoms with E-state index in [9.17, 15) is 0 Å². The summed E-state index contributed by atoms with van der Waals surface area (Å²) in [7, 11) is 0. The Hall–Kier alpha value is -2.11. The molecule has 2 aromatic heterocycles. The first-order valence-electron chi connectivity index (χ1n) is 6.49. The maximum Gasteiger partial charge on any atom is 0.226 e. The monoisotopic (exact) mass is 314 g/mol. The zero-order chi connectivity index (χ0) is 14.2. The number of rotatable bonds is 2. The van der Waals surface area contributed by atoms with E-state index in [4.69, 9.17) is 11.6 Å². The van der Waals surface area contributed by atoms with Crippen molar-refractivity contribution in [3.63, 3.8) is 0 Å². The number of fused-ring (bicyclic) bond motifs is 1. The summed E-state index contributed by atoms with van der Waals surface area (Å²) in [6.07, 6.45) is 3.70. The number of hydrogen-bond acceptors (Lipinski definition) is 4. The molecule has 0 bridgehead atoms. The molecule has 0 spiro atoms. The van der Waals surface area contributed by atoms with Gasteiger partial charge < -0.3 is 5.32 Å². The summed E-state index contributed by atoms with van der Waals surface area (Å²) in [5, 5.41) is 10.4. The highest BCUT2D eigenvalue weighted by atomic mass is 35.5. The SMILES string of the molecule is Clc1ccccc1C1=CC(c2cccs2)n2ncnc2N1. The summed E-state index contributed by atoms with van der Waals surface area (Å²) < 4.78 is 1.88. The molecule has 4 nitrogen and oxygen atoms in total. The van der Waals surface area contributed by atoms with Crippen LogP contribution in [0.2, 0.25) is 5.02 Å². The highest BCUT2D eigenvalue weighted by Crippen LogP contribution is 2.35. The van der Waals surface area contributed by atoms with Crippen molar-refractivity contribution in [1.29, 1.82) is 0 Å². The van der Waals surface area contributed by atoms with E-state index in [0.717, 1.165) is 17.2 Å². The zero-order valence-electron chi connectivity index (χ0n) is 10.9. The third kappa shape index (κ3) is 2.14. The minimum absolute atomic E-state index is 0.0371. The molecule has 1 aromatic carbocycles. The summed E-state index contributed by atoms with van der Waals surface area (Å²) >= 11 is 8.01. The Morgan fingerprint density at radius 1 is 1.19 bits per heavy atom. The average Bonchev–Trinajstić information content (AvgIpc) is 3.18. The van der Waals surface area contributed by atoms with Crippen molar-refractivity contribution in [2.45, 2.75) is 6.04 Å². The molecule has 0 amide bonds. The minimum Gasteiger partial charge on any atom is -0.324 e. The topological polar surface area (TPSA) is 42.7 Å². The Labute approximate surface area is 130 Å². The van der Waals surface area contributed by atoms with Crippen LogP contribution in [0.15, 0.2) is 54.2 Å². The maximum atomic E-state index is 6.31. The van der Waals surface area contributed by atoms with Crippen molar-refractivity contribution in [3.8, 4) is 0 Å². The van der Waals surface area contributed by atoms with E-state index in [-0.39, 0.29) is 6.04 Å². The third-order valence-corrected chi connectivity index (χ3v) is 4.68. The molecule has 1 aliphatic heterocycles. The number of nitrogens with one attached hydrogen (secondary N) is 1. The van der Waals surface area contributed by atoms with Crippen LogP contribution >= 0.6 is 22.9 Å². The smallest absolute Gasteiger partial charge is 0.226 e. The Morgan fingerprint density at radius 3 is 2.90 bits per heavy atom. The molecule has 21 heavy (non-hydrogen) atoms. The van der Waals surface area contributed by atoms with Crippen LogP contribution in [0.4, 0.5) is 5.95 Å². The lowest BCUT2D eigenvalue weighted by Gasteiger charge is -2.23. The van der Waals surface area contributed by atoms with Crippen LogP contribution in [-0.4, -0.2) is 14.8 Å². The van der Waals surface area contributed by atoms with Crippen LogP contribution in [0.25, 0.3) is 5.70 Å². The van der Waals surface area contributed by atoms with E-state index in [0.29, 0.717) is 5.02 Å². The molecular formula is C15H11ClN4S. The van der Waals surface area contributed by atoms with Gasteiger partial charge in [-0.3, -0.25) is 0 Å². The lowest BCUT2D eigenvalue weighted by molar-refractivity contribution is 0.620. The molecule has 104 valence electrons. The molecule has 3 aromatic rings. The zero-order valence-corrected chi connectivity index (χ0v) is 12.5. The molecule has 1 unspecified atom stereocenters. The minimum atomic E-state index is 0.0371. The van der Waals surface area contributed by atoms with Gasteiger partial charge in [-0.05, 0) is 23.6 Å². The predicted molar refractivity (Wildman–Crippen MR) is 85.5 cm³/mol. The van der Waals surface area contributed by atoms with E-state index in [1.807, 2.05) is 35.0 Å². The first kappa shape index (κ1) is 12.6. The van der Waals surface area contributed by atoms with Gasteiger partial charge in [-0.15, -0.1) is 11.3 Å². The van der Waals surface area contributed by atoms with Crippen molar-refractivity contribution in [2.24, 2.45) is 0 Å². The van der Waals surface area contributed by atoms with E-state index in [1.54, 1.807) is 17.7 Å². The second kappa shape index (κ2) is 5.02. The van der Waals surface area contributed by atoms with Crippen molar-refractivity contribution >= 4 is 34.6 Å². The summed E-state index contributed by atoms with van der Waals surface area (Å²) in [5.41, 5.74) is 1.93. The quantitative estimate of drug-likeness (QED) is 0.776. The third-order valence-electron chi connectivity index (χ3n) is 3.41. The van der Waals surface area contributed by atoms with Crippen LogP contribution in [0.3, 0.4) is 0 Å². The van der Waals surface area contributed by atoms with Gasteiger partial charge in [0.1, 0.15) is 12.4 Å². The summed E-state index contributed by atoms with van der Waals surface area (Å²) in [6, 6.07) is 12.0. The molecule has 0 fully saturated rings. The molecule has 3 heterocycles. The van der Waals surface area contributed by atoms with Crippen LogP contribution in [0.1, 0.15) is 16.5 Å². The van der Waals surface area contributed by atoms with Crippen molar-refractivity contribution in [3.05, 3.63) is 69.6 Å². The molecule has 6 heteroatoms. The second-order valence-corrected chi connectivity index (χ2v) is 6.06. The van der Waals surface area contributed by atoms with Gasteiger partial charge in [-0.25, -0.2) is 4.68 Å². The largest absolute Gasteiger partial charge is 0.324 e. The first-order chi connectivity index (χ1) is 10.3. The van der Waals surface area contributed by atoms with Gasteiger partial charge in [0, 0.05) is 21.2 Å². The normalized spacial score (nSPS) is 17.0. The molecule has 0 saturated heterocycles. The molecule has 4 rings (SSSR count). The number of benzene rings is 1. The number of hydrogen-bond donors (Lipinski definition) is 1. The number of allylic oxidation sites excluding steroid dienone is 1. The number of nitrogens with zero attached hydrogens (tertiary/aromatic N) is 3. The van der Waals surface area contributed by atoms with Gasteiger partial charge in [-0.2, -0.15) is 10.1 Å². The van der Waals surface area contributed by atoms with Gasteiger partial charge in [0.05, 0.1) is 0 Å². The Bertz CT molecular complexity index is 807. The highest BCUT2D eigenvalue weighted by molar-refractivity contribution is 7.10. The van der Waals surface area contributed by atoms with Crippen molar-refractivity contribution in [1.82, 2.24) is 14.8 Å². The molecule has 0 aliphatic carbocycles. The van der Waals surface area contributed by atoms with Crippen molar-refractivity contribution in [2.75, 3.05) is 5.32 Å². The Kier molecular flexibility index (Phi) is 3.02. The van der Waals surface area contributed by atoms with Crippen LogP contribution in [0, 0.1) is 0 Å². The molecule has 1 atom stereocenters. The van der Waals surface area contributed by atoms with Gasteiger partial charge in [0.15, 0.2) is 0 Å². The fourth-order valence-electron chi connectivity index (χ4n) is 2.43. The van der Waals surface area contributed by atoms with Crippen molar-refractivity contribution < 1.29 is 0 Å². The summed E-state index contributed by atoms with van der Waals surface area (Å²) in [4.78, 5) is 5.50. The first-order valence-corrected chi connectivity index (χ1v) is 7.75. The average molecular weight is 315 g/mol. The number of thiophene rings is 1.